The minimum Gasteiger partial charge on any atom is -0.382 e. The van der Waals surface area contributed by atoms with Gasteiger partial charge in [0.1, 0.15) is 5.82 Å². The van der Waals surface area contributed by atoms with E-state index in [-0.39, 0.29) is 17.2 Å². The van der Waals surface area contributed by atoms with Gasteiger partial charge in [-0.2, -0.15) is 0 Å². The van der Waals surface area contributed by atoms with Crippen LogP contribution in [0, 0.1) is 5.82 Å². The summed E-state index contributed by atoms with van der Waals surface area (Å²) in [6.07, 6.45) is 5.06. The van der Waals surface area contributed by atoms with E-state index in [2.05, 4.69) is 20.3 Å². The van der Waals surface area contributed by atoms with Crippen LogP contribution in [0.1, 0.15) is 10.5 Å². The number of hydrogen-bond acceptors (Lipinski definition) is 5. The second-order valence-electron chi connectivity index (χ2n) is 3.14. The van der Waals surface area contributed by atoms with Crippen molar-refractivity contribution in [3.8, 4) is 0 Å². The number of carbonyl (C=O) groups excluding carboxylic acids is 1. The molecule has 0 spiro atoms. The number of carbonyl (C=O) groups is 1. The van der Waals surface area contributed by atoms with Gasteiger partial charge in [0.05, 0.1) is 18.1 Å². The van der Waals surface area contributed by atoms with Crippen molar-refractivity contribution in [2.45, 2.75) is 0 Å². The third-order valence-electron chi connectivity index (χ3n) is 1.90. The van der Waals surface area contributed by atoms with Gasteiger partial charge in [-0.05, 0) is 0 Å². The number of anilines is 2. The van der Waals surface area contributed by atoms with E-state index < -0.39 is 11.7 Å². The molecule has 0 radical (unpaired) electrons. The molecule has 2 rings (SSSR count). The predicted octanol–water partition coefficient (Wildman–Crippen LogP) is 0.845. The standard InChI is InChI=1S/C10H8FN5O/c11-6-3-7(5-13-4-6)16-10(17)8-9(12)15-2-1-14-8/h1-5H,(H2,12,15)(H,16,17). The number of amides is 1. The SMILES string of the molecule is Nc1nccnc1C(=O)Nc1cncc(F)c1. The van der Waals surface area contributed by atoms with E-state index in [0.717, 1.165) is 12.3 Å². The number of nitrogens with two attached hydrogens (primary N) is 1. The van der Waals surface area contributed by atoms with Gasteiger partial charge in [-0.1, -0.05) is 0 Å². The van der Waals surface area contributed by atoms with Gasteiger partial charge in [-0.15, -0.1) is 0 Å². The number of hydrogen-bond donors (Lipinski definition) is 2. The van der Waals surface area contributed by atoms with Crippen LogP contribution in [0.5, 0.6) is 0 Å². The molecule has 2 aromatic rings. The Kier molecular flexibility index (Phi) is 2.91. The minimum absolute atomic E-state index is 0.00867. The maximum Gasteiger partial charge on any atom is 0.278 e. The van der Waals surface area contributed by atoms with Crippen LogP contribution in [0.3, 0.4) is 0 Å². The maximum absolute atomic E-state index is 12.8. The smallest absolute Gasteiger partial charge is 0.278 e. The Bertz CT molecular complexity index is 560. The summed E-state index contributed by atoms with van der Waals surface area (Å²) in [5, 5.41) is 2.42. The molecule has 86 valence electrons. The highest BCUT2D eigenvalue weighted by atomic mass is 19.1. The Morgan fingerprint density at radius 1 is 1.29 bits per heavy atom. The quantitative estimate of drug-likeness (QED) is 0.801. The van der Waals surface area contributed by atoms with Crippen LogP contribution in [0.25, 0.3) is 0 Å². The summed E-state index contributed by atoms with van der Waals surface area (Å²) in [6, 6.07) is 1.14. The average Bonchev–Trinajstić information content (AvgIpc) is 2.29. The van der Waals surface area contributed by atoms with E-state index in [0.29, 0.717) is 0 Å². The van der Waals surface area contributed by atoms with Crippen molar-refractivity contribution in [2.24, 2.45) is 0 Å². The third kappa shape index (κ3) is 2.51. The third-order valence-corrected chi connectivity index (χ3v) is 1.90. The van der Waals surface area contributed by atoms with Crippen LogP contribution >= 0.6 is 0 Å². The number of nitrogen functional groups attached to an aromatic ring is 1. The highest BCUT2D eigenvalue weighted by molar-refractivity contribution is 6.05. The predicted molar refractivity (Wildman–Crippen MR) is 58.6 cm³/mol. The van der Waals surface area contributed by atoms with Gasteiger partial charge in [0.25, 0.3) is 5.91 Å². The van der Waals surface area contributed by atoms with Crippen molar-refractivity contribution in [3.63, 3.8) is 0 Å². The summed E-state index contributed by atoms with van der Waals surface area (Å²) in [5.41, 5.74) is 5.69. The Morgan fingerprint density at radius 2 is 2.06 bits per heavy atom. The second kappa shape index (κ2) is 4.52. The first-order valence-corrected chi connectivity index (χ1v) is 4.65. The summed E-state index contributed by atoms with van der Waals surface area (Å²) in [4.78, 5) is 22.8. The Morgan fingerprint density at radius 3 is 2.76 bits per heavy atom. The number of halogens is 1. The van der Waals surface area contributed by atoms with E-state index in [4.69, 9.17) is 5.73 Å². The highest BCUT2D eigenvalue weighted by Crippen LogP contribution is 2.10. The summed E-state index contributed by atoms with van der Waals surface area (Å²) >= 11 is 0. The molecule has 0 aliphatic rings. The molecule has 0 aliphatic heterocycles. The van der Waals surface area contributed by atoms with Gasteiger partial charge in [0.15, 0.2) is 11.5 Å². The summed E-state index contributed by atoms with van der Waals surface area (Å²) in [5.74, 6) is -1.10. The first-order chi connectivity index (χ1) is 8.16. The summed E-state index contributed by atoms with van der Waals surface area (Å²) in [7, 11) is 0. The fourth-order valence-corrected chi connectivity index (χ4v) is 1.19. The molecule has 0 saturated carbocycles. The van der Waals surface area contributed by atoms with E-state index >= 15 is 0 Å². The van der Waals surface area contributed by atoms with Crippen LogP contribution in [-0.2, 0) is 0 Å². The minimum atomic E-state index is -0.567. The molecule has 0 atom stereocenters. The molecule has 0 aliphatic carbocycles. The van der Waals surface area contributed by atoms with E-state index in [9.17, 15) is 9.18 Å². The number of rotatable bonds is 2. The van der Waals surface area contributed by atoms with E-state index in [1.165, 1.54) is 18.6 Å². The highest BCUT2D eigenvalue weighted by Gasteiger charge is 2.12. The number of nitrogens with zero attached hydrogens (tertiary/aromatic N) is 3. The number of nitrogens with one attached hydrogen (secondary N) is 1. The van der Waals surface area contributed by atoms with Gasteiger partial charge >= 0.3 is 0 Å². The van der Waals surface area contributed by atoms with Crippen LogP contribution < -0.4 is 11.1 Å². The van der Waals surface area contributed by atoms with Gasteiger partial charge in [-0.3, -0.25) is 9.78 Å². The monoisotopic (exact) mass is 233 g/mol. The van der Waals surface area contributed by atoms with Gasteiger partial charge in [0.2, 0.25) is 0 Å². The number of aromatic nitrogens is 3. The Labute approximate surface area is 95.7 Å². The molecule has 6 nitrogen and oxygen atoms in total. The Balaban J connectivity index is 2.20. The lowest BCUT2D eigenvalue weighted by atomic mass is 10.3. The first kappa shape index (κ1) is 10.9. The molecule has 2 aromatic heterocycles. The molecule has 0 unspecified atom stereocenters. The van der Waals surface area contributed by atoms with Crippen LogP contribution in [-0.4, -0.2) is 20.9 Å². The van der Waals surface area contributed by atoms with E-state index in [1.54, 1.807) is 0 Å². The molecule has 7 heteroatoms. The van der Waals surface area contributed by atoms with E-state index in [1.807, 2.05) is 0 Å². The van der Waals surface area contributed by atoms with Crippen molar-refractivity contribution < 1.29 is 9.18 Å². The van der Waals surface area contributed by atoms with Crippen molar-refractivity contribution >= 4 is 17.4 Å². The zero-order valence-electron chi connectivity index (χ0n) is 8.59. The fraction of sp³-hybridized carbons (Fsp3) is 0. The molecule has 3 N–H and O–H groups in total. The molecule has 17 heavy (non-hydrogen) atoms. The zero-order chi connectivity index (χ0) is 12.3. The maximum atomic E-state index is 12.8. The molecular weight excluding hydrogens is 225 g/mol. The topological polar surface area (TPSA) is 93.8 Å². The van der Waals surface area contributed by atoms with Crippen LogP contribution in [0.2, 0.25) is 0 Å². The lowest BCUT2D eigenvalue weighted by Crippen LogP contribution is -2.16. The summed E-state index contributed by atoms with van der Waals surface area (Å²) < 4.78 is 12.8. The summed E-state index contributed by atoms with van der Waals surface area (Å²) in [6.45, 7) is 0. The molecular formula is C10H8FN5O. The molecule has 0 aromatic carbocycles. The molecule has 0 fully saturated rings. The van der Waals surface area contributed by atoms with Crippen molar-refractivity contribution in [3.05, 3.63) is 42.4 Å². The van der Waals surface area contributed by atoms with Gasteiger partial charge < -0.3 is 11.1 Å². The molecule has 0 saturated heterocycles. The normalized spacial score (nSPS) is 9.94. The van der Waals surface area contributed by atoms with Crippen molar-refractivity contribution in [1.29, 1.82) is 0 Å². The van der Waals surface area contributed by atoms with Gasteiger partial charge in [0, 0.05) is 18.5 Å². The average molecular weight is 233 g/mol. The lowest BCUT2D eigenvalue weighted by Gasteiger charge is -2.05. The zero-order valence-corrected chi connectivity index (χ0v) is 8.59. The fourth-order valence-electron chi connectivity index (χ4n) is 1.19. The van der Waals surface area contributed by atoms with Gasteiger partial charge in [-0.25, -0.2) is 14.4 Å². The molecule has 1 amide bonds. The number of pyridine rings is 1. The van der Waals surface area contributed by atoms with Crippen molar-refractivity contribution in [1.82, 2.24) is 15.0 Å². The molecule has 0 bridgehead atoms. The van der Waals surface area contributed by atoms with Crippen LogP contribution in [0.4, 0.5) is 15.9 Å². The first-order valence-electron chi connectivity index (χ1n) is 4.65. The largest absolute Gasteiger partial charge is 0.382 e. The second-order valence-corrected chi connectivity index (χ2v) is 3.14. The molecule has 2 heterocycles. The van der Waals surface area contributed by atoms with Crippen LogP contribution in [0.15, 0.2) is 30.9 Å². The Hall–Kier alpha value is -2.57. The lowest BCUT2D eigenvalue weighted by molar-refractivity contribution is 0.102. The van der Waals surface area contributed by atoms with Crippen molar-refractivity contribution in [2.75, 3.05) is 11.1 Å².